The molecule has 2 heterocycles. The molecule has 128 valence electrons. The fourth-order valence-electron chi connectivity index (χ4n) is 2.82. The minimum atomic E-state index is -0.608. The number of carbonyl (C=O) groups excluding carboxylic acids is 2. The highest BCUT2D eigenvalue weighted by atomic mass is 32.1. The van der Waals surface area contributed by atoms with Crippen molar-refractivity contribution < 1.29 is 14.3 Å². The number of hydrogen-bond donors (Lipinski definition) is 1. The monoisotopic (exact) mass is 355 g/mol. The largest absolute Gasteiger partial charge is 0.452 e. The van der Waals surface area contributed by atoms with E-state index in [-0.39, 0.29) is 5.56 Å². The van der Waals surface area contributed by atoms with Crippen molar-refractivity contribution in [3.05, 3.63) is 46.1 Å². The van der Waals surface area contributed by atoms with Gasteiger partial charge in [-0.05, 0) is 42.9 Å². The van der Waals surface area contributed by atoms with Gasteiger partial charge in [0.15, 0.2) is 6.61 Å². The number of fused-ring (bicyclic) bond motifs is 1. The molecule has 0 aliphatic heterocycles. The van der Waals surface area contributed by atoms with E-state index in [4.69, 9.17) is 4.74 Å². The Morgan fingerprint density at radius 3 is 3.08 bits per heavy atom. The maximum atomic E-state index is 12.1. The van der Waals surface area contributed by atoms with Crippen LogP contribution < -0.4 is 5.32 Å². The highest BCUT2D eigenvalue weighted by molar-refractivity contribution is 7.16. The van der Waals surface area contributed by atoms with Gasteiger partial charge in [0.05, 0.1) is 11.1 Å². The zero-order chi connectivity index (χ0) is 17.8. The van der Waals surface area contributed by atoms with Crippen LogP contribution in [0.15, 0.2) is 24.5 Å². The quantitative estimate of drug-likeness (QED) is 0.851. The second kappa shape index (κ2) is 7.45. The van der Waals surface area contributed by atoms with E-state index < -0.39 is 18.5 Å². The van der Waals surface area contributed by atoms with Gasteiger partial charge in [0.25, 0.3) is 5.91 Å². The van der Waals surface area contributed by atoms with Crippen LogP contribution in [0.4, 0.5) is 5.00 Å². The number of thiophene rings is 1. The Hall–Kier alpha value is -2.72. The molecule has 1 atom stereocenters. The van der Waals surface area contributed by atoms with Crippen molar-refractivity contribution in [3.8, 4) is 6.07 Å². The van der Waals surface area contributed by atoms with Crippen LogP contribution in [0, 0.1) is 17.2 Å². The molecule has 6 nitrogen and oxygen atoms in total. The van der Waals surface area contributed by atoms with E-state index in [9.17, 15) is 14.9 Å². The molecule has 0 saturated carbocycles. The van der Waals surface area contributed by atoms with Crippen molar-refractivity contribution >= 4 is 28.2 Å². The van der Waals surface area contributed by atoms with Crippen molar-refractivity contribution in [1.82, 2.24) is 4.98 Å². The molecule has 3 rings (SSSR count). The number of nitriles is 1. The van der Waals surface area contributed by atoms with E-state index in [0.717, 1.165) is 29.7 Å². The van der Waals surface area contributed by atoms with Crippen LogP contribution in [0.25, 0.3) is 0 Å². The topological polar surface area (TPSA) is 92.1 Å². The third-order valence-electron chi connectivity index (χ3n) is 4.11. The highest BCUT2D eigenvalue weighted by Crippen LogP contribution is 2.39. The van der Waals surface area contributed by atoms with Crippen molar-refractivity contribution in [2.75, 3.05) is 11.9 Å². The van der Waals surface area contributed by atoms with E-state index in [1.807, 2.05) is 0 Å². The zero-order valence-corrected chi connectivity index (χ0v) is 14.6. The number of nitrogens with zero attached hydrogens (tertiary/aromatic N) is 2. The smallest absolute Gasteiger partial charge is 0.340 e. The molecule has 0 spiro atoms. The van der Waals surface area contributed by atoms with Gasteiger partial charge in [-0.15, -0.1) is 11.3 Å². The zero-order valence-electron chi connectivity index (χ0n) is 13.7. The summed E-state index contributed by atoms with van der Waals surface area (Å²) >= 11 is 1.44. The first kappa shape index (κ1) is 17.1. The van der Waals surface area contributed by atoms with Crippen molar-refractivity contribution in [3.63, 3.8) is 0 Å². The van der Waals surface area contributed by atoms with Crippen molar-refractivity contribution in [1.29, 1.82) is 5.26 Å². The Morgan fingerprint density at radius 1 is 1.52 bits per heavy atom. The Balaban J connectivity index is 1.64. The lowest BCUT2D eigenvalue weighted by Gasteiger charge is -2.17. The molecular formula is C18H17N3O3S. The van der Waals surface area contributed by atoms with Gasteiger partial charge in [-0.2, -0.15) is 5.26 Å². The lowest BCUT2D eigenvalue weighted by atomic mass is 9.89. The first-order valence-corrected chi connectivity index (χ1v) is 8.81. The summed E-state index contributed by atoms with van der Waals surface area (Å²) in [6, 6.07) is 5.38. The molecule has 1 aliphatic rings. The van der Waals surface area contributed by atoms with Crippen molar-refractivity contribution in [2.45, 2.75) is 26.2 Å². The lowest BCUT2D eigenvalue weighted by molar-refractivity contribution is -0.119. The SMILES string of the molecule is CC1CCc2c(sc(NC(=O)COC(=O)c3cccnc3)c2C#N)C1. The molecule has 1 unspecified atom stereocenters. The number of ether oxygens (including phenoxy) is 1. The van der Waals surface area contributed by atoms with Crippen LogP contribution in [-0.2, 0) is 22.4 Å². The molecule has 7 heteroatoms. The number of pyridine rings is 1. The molecule has 1 aliphatic carbocycles. The van der Waals surface area contributed by atoms with Gasteiger partial charge >= 0.3 is 5.97 Å². The van der Waals surface area contributed by atoms with E-state index in [2.05, 4.69) is 23.3 Å². The maximum Gasteiger partial charge on any atom is 0.340 e. The van der Waals surface area contributed by atoms with Crippen LogP contribution in [-0.4, -0.2) is 23.5 Å². The molecule has 0 radical (unpaired) electrons. The standard InChI is InChI=1S/C18H17N3O3S/c1-11-4-5-13-14(8-19)17(25-15(13)7-11)21-16(22)10-24-18(23)12-3-2-6-20-9-12/h2-3,6,9,11H,4-5,7,10H2,1H3,(H,21,22). The van der Waals surface area contributed by atoms with Gasteiger partial charge in [0, 0.05) is 17.3 Å². The number of nitrogens with one attached hydrogen (secondary N) is 1. The minimum absolute atomic E-state index is 0.286. The highest BCUT2D eigenvalue weighted by Gasteiger charge is 2.24. The van der Waals surface area contributed by atoms with Gasteiger partial charge in [0.1, 0.15) is 11.1 Å². The Labute approximate surface area is 149 Å². The summed E-state index contributed by atoms with van der Waals surface area (Å²) in [5.41, 5.74) is 1.88. The maximum absolute atomic E-state index is 12.1. The van der Waals surface area contributed by atoms with E-state index in [1.165, 1.54) is 17.5 Å². The van der Waals surface area contributed by atoms with Gasteiger partial charge in [-0.25, -0.2) is 4.79 Å². The third kappa shape index (κ3) is 3.86. The van der Waals surface area contributed by atoms with Crippen LogP contribution in [0.5, 0.6) is 0 Å². The number of amides is 1. The average molecular weight is 355 g/mol. The molecule has 1 N–H and O–H groups in total. The number of esters is 1. The van der Waals surface area contributed by atoms with Crippen molar-refractivity contribution in [2.24, 2.45) is 5.92 Å². The van der Waals surface area contributed by atoms with Crippen LogP contribution in [0.2, 0.25) is 0 Å². The number of anilines is 1. The number of carbonyl (C=O) groups is 2. The molecule has 0 bridgehead atoms. The molecular weight excluding hydrogens is 338 g/mol. The number of hydrogen-bond acceptors (Lipinski definition) is 6. The average Bonchev–Trinajstić information content (AvgIpc) is 2.96. The molecule has 0 saturated heterocycles. The van der Waals surface area contributed by atoms with Gasteiger partial charge in [-0.1, -0.05) is 6.92 Å². The fraction of sp³-hybridized carbons (Fsp3) is 0.333. The summed E-state index contributed by atoms with van der Waals surface area (Å²) in [7, 11) is 0. The summed E-state index contributed by atoms with van der Waals surface area (Å²) in [6.45, 7) is 1.78. The fourth-order valence-corrected chi connectivity index (χ4v) is 4.20. The van der Waals surface area contributed by atoms with Gasteiger partial charge in [0.2, 0.25) is 0 Å². The summed E-state index contributed by atoms with van der Waals surface area (Å²) in [5.74, 6) is -0.481. The third-order valence-corrected chi connectivity index (χ3v) is 5.28. The molecule has 2 aromatic rings. The molecule has 0 fully saturated rings. The van der Waals surface area contributed by atoms with Crippen LogP contribution in [0.1, 0.15) is 39.7 Å². The van der Waals surface area contributed by atoms with E-state index in [0.29, 0.717) is 16.5 Å². The van der Waals surface area contributed by atoms with Crippen LogP contribution >= 0.6 is 11.3 Å². The normalized spacial score (nSPS) is 15.8. The summed E-state index contributed by atoms with van der Waals surface area (Å²) < 4.78 is 4.99. The molecule has 1 amide bonds. The summed E-state index contributed by atoms with van der Waals surface area (Å²) in [4.78, 5) is 28.9. The Morgan fingerprint density at radius 2 is 2.36 bits per heavy atom. The first-order chi connectivity index (χ1) is 12.1. The second-order valence-corrected chi connectivity index (χ2v) is 7.14. The van der Waals surface area contributed by atoms with Gasteiger partial charge < -0.3 is 10.1 Å². The van der Waals surface area contributed by atoms with Crippen LogP contribution in [0.3, 0.4) is 0 Å². The molecule has 0 aromatic carbocycles. The summed E-state index contributed by atoms with van der Waals surface area (Å²) in [5, 5.41) is 12.7. The number of rotatable bonds is 4. The predicted octanol–water partition coefficient (Wildman–Crippen LogP) is 2.94. The van der Waals surface area contributed by atoms with E-state index >= 15 is 0 Å². The minimum Gasteiger partial charge on any atom is -0.452 e. The predicted molar refractivity (Wildman–Crippen MR) is 93.4 cm³/mol. The Kier molecular flexibility index (Phi) is 5.10. The second-order valence-electron chi connectivity index (χ2n) is 6.03. The first-order valence-electron chi connectivity index (χ1n) is 8.00. The Bertz CT molecular complexity index is 839. The van der Waals surface area contributed by atoms with Gasteiger partial charge in [-0.3, -0.25) is 9.78 Å². The summed E-state index contributed by atoms with van der Waals surface area (Å²) in [6.07, 6.45) is 5.77. The lowest BCUT2D eigenvalue weighted by Crippen LogP contribution is -2.21. The number of aromatic nitrogens is 1. The molecule has 2 aromatic heterocycles. The molecule has 25 heavy (non-hydrogen) atoms. The van der Waals surface area contributed by atoms with E-state index in [1.54, 1.807) is 18.3 Å².